The molecule has 16 heavy (non-hydrogen) atoms. The van der Waals surface area contributed by atoms with Crippen LogP contribution in [0.5, 0.6) is 0 Å². The van der Waals surface area contributed by atoms with Gasteiger partial charge in [-0.3, -0.25) is 4.68 Å². The van der Waals surface area contributed by atoms with Gasteiger partial charge in [0.1, 0.15) is 0 Å². The molecule has 5 nitrogen and oxygen atoms in total. The fourth-order valence-electron chi connectivity index (χ4n) is 1.59. The largest absolute Gasteiger partial charge is 0.382 e. The number of ether oxygens (including phenoxy) is 2. The lowest BCUT2D eigenvalue weighted by atomic mass is 10.3. The van der Waals surface area contributed by atoms with Crippen LogP contribution in [0, 0.1) is 6.92 Å². The van der Waals surface area contributed by atoms with E-state index in [4.69, 9.17) is 9.47 Å². The standard InChI is InChI=1S/C11H21N3O2/c1-9-5-10(14(2)13-9)6-12-7-11(16-4)8-15-3/h5,11-12H,6-8H2,1-4H3. The lowest BCUT2D eigenvalue weighted by Crippen LogP contribution is -2.31. The topological polar surface area (TPSA) is 48.3 Å². The van der Waals surface area contributed by atoms with Gasteiger partial charge >= 0.3 is 0 Å². The maximum absolute atomic E-state index is 5.25. The first-order valence-electron chi connectivity index (χ1n) is 5.39. The highest BCUT2D eigenvalue weighted by molar-refractivity contribution is 5.08. The fraction of sp³-hybridized carbons (Fsp3) is 0.727. The Labute approximate surface area is 96.7 Å². The van der Waals surface area contributed by atoms with E-state index in [2.05, 4.69) is 16.5 Å². The number of aryl methyl sites for hydroxylation is 2. The zero-order chi connectivity index (χ0) is 12.0. The van der Waals surface area contributed by atoms with Gasteiger partial charge in [-0.2, -0.15) is 5.10 Å². The Balaban J connectivity index is 2.32. The summed E-state index contributed by atoms with van der Waals surface area (Å²) in [7, 11) is 5.32. The van der Waals surface area contributed by atoms with Crippen LogP contribution in [0.4, 0.5) is 0 Å². The third-order valence-corrected chi connectivity index (χ3v) is 2.46. The predicted octanol–water partition coefficient (Wildman–Crippen LogP) is 0.480. The molecule has 1 unspecified atom stereocenters. The van der Waals surface area contributed by atoms with Crippen LogP contribution in [0.25, 0.3) is 0 Å². The van der Waals surface area contributed by atoms with Gasteiger partial charge in [0.2, 0.25) is 0 Å². The van der Waals surface area contributed by atoms with Gasteiger partial charge < -0.3 is 14.8 Å². The molecule has 0 radical (unpaired) electrons. The molecule has 92 valence electrons. The summed E-state index contributed by atoms with van der Waals surface area (Å²) < 4.78 is 12.2. The van der Waals surface area contributed by atoms with Crippen LogP contribution in [0.1, 0.15) is 11.4 Å². The average Bonchev–Trinajstić information content (AvgIpc) is 2.56. The van der Waals surface area contributed by atoms with Crippen molar-refractivity contribution in [3.63, 3.8) is 0 Å². The van der Waals surface area contributed by atoms with Crippen molar-refractivity contribution >= 4 is 0 Å². The second-order valence-corrected chi connectivity index (χ2v) is 3.84. The van der Waals surface area contributed by atoms with Crippen molar-refractivity contribution in [3.8, 4) is 0 Å². The maximum atomic E-state index is 5.25. The molecule has 1 atom stereocenters. The van der Waals surface area contributed by atoms with Crippen LogP contribution in [0.15, 0.2) is 6.07 Å². The van der Waals surface area contributed by atoms with Gasteiger partial charge in [-0.1, -0.05) is 0 Å². The van der Waals surface area contributed by atoms with E-state index in [0.29, 0.717) is 6.61 Å². The van der Waals surface area contributed by atoms with Crippen LogP contribution in [0.2, 0.25) is 0 Å². The summed E-state index contributed by atoms with van der Waals surface area (Å²) >= 11 is 0. The van der Waals surface area contributed by atoms with Crippen molar-refractivity contribution in [1.29, 1.82) is 0 Å². The Hall–Kier alpha value is -0.910. The molecule has 0 spiro atoms. The van der Waals surface area contributed by atoms with Gasteiger partial charge in [0.25, 0.3) is 0 Å². The monoisotopic (exact) mass is 227 g/mol. The van der Waals surface area contributed by atoms with E-state index in [1.165, 1.54) is 5.69 Å². The van der Waals surface area contributed by atoms with E-state index in [-0.39, 0.29) is 6.10 Å². The zero-order valence-corrected chi connectivity index (χ0v) is 10.5. The number of rotatable bonds is 7. The summed E-state index contributed by atoms with van der Waals surface area (Å²) in [5.41, 5.74) is 2.21. The van der Waals surface area contributed by atoms with Crippen LogP contribution in [-0.2, 0) is 23.1 Å². The zero-order valence-electron chi connectivity index (χ0n) is 10.5. The van der Waals surface area contributed by atoms with Crippen LogP contribution in [0.3, 0.4) is 0 Å². The van der Waals surface area contributed by atoms with E-state index < -0.39 is 0 Å². The maximum Gasteiger partial charge on any atom is 0.0928 e. The van der Waals surface area contributed by atoms with Gasteiger partial charge in [0, 0.05) is 34.4 Å². The highest BCUT2D eigenvalue weighted by atomic mass is 16.5. The first-order valence-corrected chi connectivity index (χ1v) is 5.39. The van der Waals surface area contributed by atoms with Gasteiger partial charge in [0.15, 0.2) is 0 Å². The minimum atomic E-state index is 0.0966. The molecule has 0 aliphatic carbocycles. The van der Waals surface area contributed by atoms with Crippen molar-refractivity contribution in [2.45, 2.75) is 19.6 Å². The Morgan fingerprint density at radius 1 is 1.50 bits per heavy atom. The second-order valence-electron chi connectivity index (χ2n) is 3.84. The lowest BCUT2D eigenvalue weighted by molar-refractivity contribution is 0.0287. The molecule has 1 heterocycles. The van der Waals surface area contributed by atoms with E-state index in [0.717, 1.165) is 18.8 Å². The average molecular weight is 227 g/mol. The Bertz CT molecular complexity index is 312. The number of nitrogens with zero attached hydrogens (tertiary/aromatic N) is 2. The summed E-state index contributed by atoms with van der Waals surface area (Å²) in [5, 5.41) is 7.61. The molecule has 0 aromatic carbocycles. The van der Waals surface area contributed by atoms with E-state index >= 15 is 0 Å². The number of hydrogen-bond donors (Lipinski definition) is 1. The summed E-state index contributed by atoms with van der Waals surface area (Å²) in [6, 6.07) is 2.07. The summed E-state index contributed by atoms with van der Waals surface area (Å²) in [4.78, 5) is 0. The van der Waals surface area contributed by atoms with Crippen LogP contribution >= 0.6 is 0 Å². The summed E-state index contributed by atoms with van der Waals surface area (Å²) in [6.45, 7) is 4.16. The van der Waals surface area contributed by atoms with Gasteiger partial charge in [0.05, 0.1) is 24.1 Å². The van der Waals surface area contributed by atoms with Crippen LogP contribution < -0.4 is 5.32 Å². The molecule has 1 aromatic rings. The number of hydrogen-bond acceptors (Lipinski definition) is 4. The molecule has 0 fully saturated rings. The SMILES string of the molecule is COCC(CNCc1cc(C)nn1C)OC. The normalized spacial score (nSPS) is 13.0. The first-order chi connectivity index (χ1) is 7.67. The Morgan fingerprint density at radius 2 is 2.25 bits per heavy atom. The Kier molecular flexibility index (Phi) is 5.45. The third kappa shape index (κ3) is 3.92. The molecular formula is C11H21N3O2. The first kappa shape index (κ1) is 13.2. The Morgan fingerprint density at radius 3 is 2.75 bits per heavy atom. The van der Waals surface area contributed by atoms with Crippen molar-refractivity contribution < 1.29 is 9.47 Å². The quantitative estimate of drug-likeness (QED) is 0.736. The van der Waals surface area contributed by atoms with E-state index in [1.807, 2.05) is 18.7 Å². The minimum Gasteiger partial charge on any atom is -0.382 e. The van der Waals surface area contributed by atoms with Crippen molar-refractivity contribution in [1.82, 2.24) is 15.1 Å². The molecule has 1 aromatic heterocycles. The predicted molar refractivity (Wildman–Crippen MR) is 62.3 cm³/mol. The highest BCUT2D eigenvalue weighted by Crippen LogP contribution is 2.01. The van der Waals surface area contributed by atoms with E-state index in [1.54, 1.807) is 14.2 Å². The van der Waals surface area contributed by atoms with Crippen molar-refractivity contribution in [3.05, 3.63) is 17.5 Å². The molecule has 5 heteroatoms. The van der Waals surface area contributed by atoms with Gasteiger partial charge in [-0.25, -0.2) is 0 Å². The van der Waals surface area contributed by atoms with Crippen molar-refractivity contribution in [2.75, 3.05) is 27.4 Å². The third-order valence-electron chi connectivity index (χ3n) is 2.46. The highest BCUT2D eigenvalue weighted by Gasteiger charge is 2.07. The number of nitrogens with one attached hydrogen (secondary N) is 1. The minimum absolute atomic E-state index is 0.0966. The summed E-state index contributed by atoms with van der Waals surface area (Å²) in [5.74, 6) is 0. The smallest absolute Gasteiger partial charge is 0.0928 e. The molecule has 0 saturated heterocycles. The van der Waals surface area contributed by atoms with Crippen molar-refractivity contribution in [2.24, 2.45) is 7.05 Å². The fourth-order valence-corrected chi connectivity index (χ4v) is 1.59. The number of methoxy groups -OCH3 is 2. The second kappa shape index (κ2) is 6.62. The lowest BCUT2D eigenvalue weighted by Gasteiger charge is -2.14. The molecule has 0 aliphatic heterocycles. The van der Waals surface area contributed by atoms with Gasteiger partial charge in [-0.05, 0) is 13.0 Å². The molecule has 1 rings (SSSR count). The molecule has 0 saturated carbocycles. The molecule has 0 amide bonds. The van der Waals surface area contributed by atoms with Crippen LogP contribution in [-0.4, -0.2) is 43.3 Å². The summed E-state index contributed by atoms with van der Waals surface area (Å²) in [6.07, 6.45) is 0.0966. The number of aromatic nitrogens is 2. The molecule has 1 N–H and O–H groups in total. The molecule has 0 aliphatic rings. The van der Waals surface area contributed by atoms with Gasteiger partial charge in [-0.15, -0.1) is 0 Å². The molecular weight excluding hydrogens is 206 g/mol. The molecule has 0 bridgehead atoms. The van der Waals surface area contributed by atoms with E-state index in [9.17, 15) is 0 Å².